The largest absolute Gasteiger partial charge is 0.663 e. The van der Waals surface area contributed by atoms with Crippen molar-refractivity contribution in [2.24, 2.45) is 5.73 Å². The first kappa shape index (κ1) is 11.2. The van der Waals surface area contributed by atoms with Crippen LogP contribution in [0.25, 0.3) is 10.9 Å². The van der Waals surface area contributed by atoms with Gasteiger partial charge in [0, 0.05) is 19.5 Å². The Bertz CT molecular complexity index is 425. The molecule has 4 heteroatoms. The molecule has 3 nitrogen and oxygen atoms in total. The van der Waals surface area contributed by atoms with E-state index in [2.05, 4.69) is 4.98 Å². The summed E-state index contributed by atoms with van der Waals surface area (Å²) in [5.74, 6) is 0.277. The molecule has 0 aliphatic carbocycles. The van der Waals surface area contributed by atoms with Crippen LogP contribution in [0.4, 0.5) is 0 Å². The number of hydrogen-bond donors (Lipinski definition) is 2. The van der Waals surface area contributed by atoms with Crippen LogP contribution in [-0.2, 0) is 25.9 Å². The number of benzene rings is 1. The molecule has 1 aromatic carbocycles. The van der Waals surface area contributed by atoms with Crippen LogP contribution >= 0.6 is 0 Å². The first-order valence-electron chi connectivity index (χ1n) is 4.24. The molecule has 77 valence electrons. The molecule has 1 heterocycles. The van der Waals surface area contributed by atoms with Crippen LogP contribution in [-0.4, -0.2) is 11.7 Å². The molecule has 0 saturated heterocycles. The van der Waals surface area contributed by atoms with E-state index in [-0.39, 0.29) is 25.2 Å². The third kappa shape index (κ3) is 1.97. The Morgan fingerprint density at radius 3 is 2.86 bits per heavy atom. The number of aromatic nitrogens is 1. The molecule has 0 aliphatic rings. The maximum Gasteiger partial charge on any atom is 0.116 e. The summed E-state index contributed by atoms with van der Waals surface area (Å²) in [4.78, 5) is 4.21. The topological polar surface area (TPSA) is 60.4 Å². The summed E-state index contributed by atoms with van der Waals surface area (Å²) in [6.45, 7) is 0.608. The molecular formula is C10H11N2ORh-. The Kier molecular flexibility index (Phi) is 3.67. The molecule has 0 saturated carbocycles. The van der Waals surface area contributed by atoms with Crippen LogP contribution < -0.4 is 10.7 Å². The van der Waals surface area contributed by atoms with Crippen molar-refractivity contribution < 1.29 is 24.6 Å². The van der Waals surface area contributed by atoms with Gasteiger partial charge in [0.05, 0.1) is 0 Å². The minimum Gasteiger partial charge on any atom is -0.663 e. The van der Waals surface area contributed by atoms with Crippen molar-refractivity contribution in [3.05, 3.63) is 30.0 Å². The average molecular weight is 278 g/mol. The van der Waals surface area contributed by atoms with Gasteiger partial charge in [-0.05, 0) is 30.5 Å². The summed E-state index contributed by atoms with van der Waals surface area (Å²) >= 11 is 0. The zero-order valence-corrected chi connectivity index (χ0v) is 9.17. The number of rotatable bonds is 2. The van der Waals surface area contributed by atoms with Crippen LogP contribution in [0, 0.1) is 0 Å². The molecule has 0 spiro atoms. The quantitative estimate of drug-likeness (QED) is 0.806. The minimum atomic E-state index is 0. The van der Waals surface area contributed by atoms with Crippen LogP contribution in [0.3, 0.4) is 0 Å². The number of fused-ring (bicyclic) bond motifs is 1. The first-order chi connectivity index (χ1) is 6.31. The zero-order chi connectivity index (χ0) is 9.26. The number of phenols is 1. The van der Waals surface area contributed by atoms with E-state index in [9.17, 15) is 5.11 Å². The fraction of sp³-hybridized carbons (Fsp3) is 0.200. The number of hydrogen-bond acceptors (Lipinski definition) is 2. The molecule has 0 fully saturated rings. The van der Waals surface area contributed by atoms with Gasteiger partial charge >= 0.3 is 0 Å². The normalized spacial score (nSPS) is 10.1. The van der Waals surface area contributed by atoms with Gasteiger partial charge in [-0.1, -0.05) is 11.6 Å². The zero-order valence-electron chi connectivity index (χ0n) is 7.53. The molecular weight excluding hydrogens is 267 g/mol. The average Bonchev–Trinajstić information content (AvgIpc) is 2.49. The van der Waals surface area contributed by atoms with E-state index in [0.717, 1.165) is 22.9 Å². The molecule has 2 rings (SSSR count). The summed E-state index contributed by atoms with van der Waals surface area (Å²) in [6, 6.07) is 5.18. The minimum absolute atomic E-state index is 0. The van der Waals surface area contributed by atoms with Crippen molar-refractivity contribution in [1.29, 1.82) is 0 Å². The van der Waals surface area contributed by atoms with Gasteiger partial charge in [0.1, 0.15) is 5.75 Å². The van der Waals surface area contributed by atoms with Gasteiger partial charge in [-0.25, -0.2) is 0 Å². The molecule has 1 aromatic heterocycles. The van der Waals surface area contributed by atoms with E-state index < -0.39 is 0 Å². The van der Waals surface area contributed by atoms with Gasteiger partial charge < -0.3 is 15.8 Å². The van der Waals surface area contributed by atoms with Crippen LogP contribution in [0.2, 0.25) is 0 Å². The second-order valence-corrected chi connectivity index (χ2v) is 3.02. The molecule has 0 bridgehead atoms. The van der Waals surface area contributed by atoms with Gasteiger partial charge in [0.25, 0.3) is 0 Å². The second kappa shape index (κ2) is 4.58. The third-order valence-corrected chi connectivity index (χ3v) is 2.10. The number of phenolic OH excluding ortho intramolecular Hbond substituents is 1. The molecule has 0 amide bonds. The van der Waals surface area contributed by atoms with Crippen LogP contribution in [0.1, 0.15) is 5.56 Å². The van der Waals surface area contributed by atoms with E-state index in [0.29, 0.717) is 6.54 Å². The Morgan fingerprint density at radius 1 is 1.36 bits per heavy atom. The van der Waals surface area contributed by atoms with Crippen molar-refractivity contribution in [2.75, 3.05) is 6.54 Å². The maximum atomic E-state index is 9.28. The summed E-state index contributed by atoms with van der Waals surface area (Å²) in [6.07, 6.45) is 2.62. The second-order valence-electron chi connectivity index (χ2n) is 3.02. The molecule has 0 unspecified atom stereocenters. The molecule has 3 N–H and O–H groups in total. The van der Waals surface area contributed by atoms with Crippen LogP contribution in [0.5, 0.6) is 5.75 Å². The smallest absolute Gasteiger partial charge is 0.116 e. The SMILES string of the molecule is NCCc1c[n-]c2ccc(O)cc12.[Rh]. The fourth-order valence-electron chi connectivity index (χ4n) is 1.47. The molecule has 14 heavy (non-hydrogen) atoms. The standard InChI is InChI=1S/C10H11N2O.Rh/c11-4-3-7-6-12-10-2-1-8(13)5-9(7)10;/h1-2,5-6,13H,3-4,11H2;/q-1;. The number of nitrogens with two attached hydrogens (primary N) is 1. The summed E-state index contributed by atoms with van der Waals surface area (Å²) in [7, 11) is 0. The molecule has 1 radical (unpaired) electrons. The monoisotopic (exact) mass is 278 g/mol. The van der Waals surface area contributed by atoms with Gasteiger partial charge in [0.15, 0.2) is 0 Å². The van der Waals surface area contributed by atoms with Crippen molar-refractivity contribution in [3.63, 3.8) is 0 Å². The predicted octanol–water partition coefficient (Wildman–Crippen LogP) is 1.00. The predicted molar refractivity (Wildman–Crippen MR) is 51.7 cm³/mol. The number of nitrogens with zero attached hydrogens (tertiary/aromatic N) is 1. The van der Waals surface area contributed by atoms with E-state index in [1.807, 2.05) is 12.3 Å². The summed E-state index contributed by atoms with van der Waals surface area (Å²) in [5.41, 5.74) is 7.48. The summed E-state index contributed by atoms with van der Waals surface area (Å²) < 4.78 is 0. The van der Waals surface area contributed by atoms with Crippen molar-refractivity contribution >= 4 is 10.9 Å². The van der Waals surface area contributed by atoms with Gasteiger partial charge in [-0.3, -0.25) is 0 Å². The Balaban J connectivity index is 0.000000980. The van der Waals surface area contributed by atoms with Crippen molar-refractivity contribution in [1.82, 2.24) is 4.98 Å². The van der Waals surface area contributed by atoms with E-state index >= 15 is 0 Å². The Labute approximate surface area is 95.1 Å². The molecule has 0 atom stereocenters. The Hall–Kier alpha value is -0.857. The summed E-state index contributed by atoms with van der Waals surface area (Å²) in [5, 5.41) is 10.3. The van der Waals surface area contributed by atoms with Gasteiger partial charge in [-0.15, -0.1) is 5.52 Å². The van der Waals surface area contributed by atoms with Gasteiger partial charge in [-0.2, -0.15) is 6.20 Å². The molecule has 2 aromatic rings. The van der Waals surface area contributed by atoms with Gasteiger partial charge in [0.2, 0.25) is 0 Å². The van der Waals surface area contributed by atoms with E-state index in [1.54, 1.807) is 12.1 Å². The van der Waals surface area contributed by atoms with Crippen molar-refractivity contribution in [2.45, 2.75) is 6.42 Å². The van der Waals surface area contributed by atoms with Crippen LogP contribution in [0.15, 0.2) is 24.4 Å². The van der Waals surface area contributed by atoms with Crippen molar-refractivity contribution in [3.8, 4) is 5.75 Å². The Morgan fingerprint density at radius 2 is 2.14 bits per heavy atom. The first-order valence-corrected chi connectivity index (χ1v) is 4.24. The third-order valence-electron chi connectivity index (χ3n) is 2.10. The number of aromatic hydroxyl groups is 1. The fourth-order valence-corrected chi connectivity index (χ4v) is 1.47. The van der Waals surface area contributed by atoms with E-state index in [1.165, 1.54) is 0 Å². The maximum absolute atomic E-state index is 9.28. The molecule has 0 aliphatic heterocycles. The van der Waals surface area contributed by atoms with E-state index in [4.69, 9.17) is 5.73 Å².